The molecule has 1 spiro atoms. The van der Waals surface area contributed by atoms with Crippen LogP contribution in [0.25, 0.3) is 0 Å². The van der Waals surface area contributed by atoms with Crippen molar-refractivity contribution < 1.29 is 55.7 Å². The molecule has 2 saturated heterocycles. The van der Waals surface area contributed by atoms with Crippen molar-refractivity contribution in [2.75, 3.05) is 32.7 Å². The van der Waals surface area contributed by atoms with Crippen LogP contribution in [0.2, 0.25) is 0 Å². The number of nitrogens with one attached hydrogen (secondary N) is 2. The molecule has 2 fully saturated rings. The van der Waals surface area contributed by atoms with Crippen molar-refractivity contribution >= 4 is 23.9 Å². The van der Waals surface area contributed by atoms with Crippen LogP contribution in [0.15, 0.2) is 24.5 Å². The molecule has 0 aliphatic carbocycles. The second-order valence-electron chi connectivity index (χ2n) is 9.15. The topological polar surface area (TPSA) is 152 Å². The van der Waals surface area contributed by atoms with Crippen molar-refractivity contribution in [2.45, 2.75) is 45.2 Å². The predicted octanol–water partition coefficient (Wildman–Crippen LogP) is 2.09. The monoisotopic (exact) mass is 573 g/mol. The number of aromatic nitrogens is 1. The van der Waals surface area contributed by atoms with E-state index in [1.54, 1.807) is 12.4 Å². The van der Waals surface area contributed by atoms with E-state index in [1.165, 1.54) is 5.56 Å². The number of rotatable bonds is 3. The van der Waals surface area contributed by atoms with E-state index in [9.17, 15) is 35.9 Å². The highest BCUT2D eigenvalue weighted by Crippen LogP contribution is 2.31. The third-order valence-corrected chi connectivity index (χ3v) is 5.31. The lowest BCUT2D eigenvalue weighted by Gasteiger charge is -2.33. The average molecular weight is 573 g/mol. The number of carboxylic acid groups (broad SMARTS) is 2. The molecule has 220 valence electrons. The summed E-state index contributed by atoms with van der Waals surface area (Å²) in [5.74, 6) is -5.44. The first-order chi connectivity index (χ1) is 17.8. The summed E-state index contributed by atoms with van der Waals surface area (Å²) in [7, 11) is 0. The van der Waals surface area contributed by atoms with Crippen LogP contribution in [0.5, 0.6) is 0 Å². The number of pyridine rings is 1. The Kier molecular flexibility index (Phi) is 12.0. The van der Waals surface area contributed by atoms with E-state index in [-0.39, 0.29) is 23.4 Å². The summed E-state index contributed by atoms with van der Waals surface area (Å²) < 4.78 is 63.5. The summed E-state index contributed by atoms with van der Waals surface area (Å²) in [5, 5.41) is 20.2. The summed E-state index contributed by atoms with van der Waals surface area (Å²) in [4.78, 5) is 50.5. The van der Waals surface area contributed by atoms with Crippen LogP contribution in [0, 0.1) is 5.41 Å². The minimum Gasteiger partial charge on any atom is -0.475 e. The highest BCUT2D eigenvalue weighted by molar-refractivity contribution is 5.80. The molecular weight excluding hydrogens is 544 g/mol. The Balaban J connectivity index is 0.000000449. The Hall–Kier alpha value is -3.63. The Morgan fingerprint density at radius 1 is 1.03 bits per heavy atom. The Morgan fingerprint density at radius 2 is 1.54 bits per heavy atom. The molecule has 11 nitrogen and oxygen atoms in total. The fraction of sp³-hybridized carbons (Fsp3) is 0.591. The molecule has 39 heavy (non-hydrogen) atoms. The number of amides is 3. The standard InChI is InChI=1S/C18H27N5O2.2C2HF3O2/c1-14(2)21-17(25)23-8-7-22(10-15-3-5-19-6-4-15)12-18(13-23)9-16(24)20-11-18;2*3-2(4,5)1(6)7/h3-6,14H,7-13H2,1-2H3,(H,20,24)(H,21,25);2*(H,6,7). The number of nitrogens with zero attached hydrogens (tertiary/aromatic N) is 3. The maximum Gasteiger partial charge on any atom is 0.490 e. The second kappa shape index (κ2) is 14.0. The zero-order valence-electron chi connectivity index (χ0n) is 21.0. The number of carbonyl (C=O) groups is 4. The van der Waals surface area contributed by atoms with Crippen LogP contribution < -0.4 is 10.6 Å². The number of hydrogen-bond acceptors (Lipinski definition) is 6. The molecule has 4 N–H and O–H groups in total. The molecule has 2 aliphatic heterocycles. The van der Waals surface area contributed by atoms with Crippen LogP contribution in [0.1, 0.15) is 25.8 Å². The van der Waals surface area contributed by atoms with Gasteiger partial charge in [0, 0.05) is 69.5 Å². The van der Waals surface area contributed by atoms with E-state index >= 15 is 0 Å². The smallest absolute Gasteiger partial charge is 0.475 e. The molecule has 17 heteroatoms. The van der Waals surface area contributed by atoms with E-state index in [0.717, 1.165) is 19.6 Å². The van der Waals surface area contributed by atoms with Crippen molar-refractivity contribution in [1.29, 1.82) is 0 Å². The Morgan fingerprint density at radius 3 is 1.95 bits per heavy atom. The first-order valence-electron chi connectivity index (χ1n) is 11.4. The Bertz CT molecular complexity index is 968. The number of hydrogen-bond donors (Lipinski definition) is 4. The molecule has 0 aromatic carbocycles. The van der Waals surface area contributed by atoms with Gasteiger partial charge in [0.05, 0.1) is 0 Å². The van der Waals surface area contributed by atoms with Crippen LogP contribution >= 0.6 is 0 Å². The van der Waals surface area contributed by atoms with Gasteiger partial charge < -0.3 is 25.7 Å². The first kappa shape index (κ1) is 33.4. The quantitative estimate of drug-likeness (QED) is 0.402. The van der Waals surface area contributed by atoms with Crippen molar-refractivity contribution in [3.05, 3.63) is 30.1 Å². The van der Waals surface area contributed by atoms with Crippen molar-refractivity contribution in [3.8, 4) is 0 Å². The number of aliphatic carboxylic acids is 2. The van der Waals surface area contributed by atoms with Crippen LogP contribution in [-0.2, 0) is 20.9 Å². The number of halogens is 6. The van der Waals surface area contributed by atoms with Crippen molar-refractivity contribution in [2.24, 2.45) is 5.41 Å². The molecule has 0 bridgehead atoms. The van der Waals surface area contributed by atoms with E-state index in [4.69, 9.17) is 19.8 Å². The molecule has 1 unspecified atom stereocenters. The lowest BCUT2D eigenvalue weighted by molar-refractivity contribution is -0.193. The third-order valence-electron chi connectivity index (χ3n) is 5.31. The molecule has 1 aromatic rings. The van der Waals surface area contributed by atoms with Crippen LogP contribution in [0.4, 0.5) is 31.1 Å². The van der Waals surface area contributed by atoms with Crippen molar-refractivity contribution in [3.63, 3.8) is 0 Å². The highest BCUT2D eigenvalue weighted by atomic mass is 19.4. The molecule has 1 aromatic heterocycles. The van der Waals surface area contributed by atoms with Gasteiger partial charge in [-0.2, -0.15) is 26.3 Å². The molecule has 3 rings (SSSR count). The Labute approximate surface area is 219 Å². The van der Waals surface area contributed by atoms with Gasteiger partial charge in [-0.1, -0.05) is 0 Å². The van der Waals surface area contributed by atoms with E-state index in [0.29, 0.717) is 26.1 Å². The second-order valence-corrected chi connectivity index (χ2v) is 9.15. The zero-order valence-corrected chi connectivity index (χ0v) is 21.0. The lowest BCUT2D eigenvalue weighted by Crippen LogP contribution is -2.48. The fourth-order valence-corrected chi connectivity index (χ4v) is 3.72. The largest absolute Gasteiger partial charge is 0.490 e. The maximum absolute atomic E-state index is 12.5. The third kappa shape index (κ3) is 12.2. The number of carboxylic acids is 2. The van der Waals surface area contributed by atoms with Gasteiger partial charge in [0.1, 0.15) is 0 Å². The zero-order chi connectivity index (χ0) is 30.0. The summed E-state index contributed by atoms with van der Waals surface area (Å²) in [5.41, 5.74) is 0.983. The van der Waals surface area contributed by atoms with Gasteiger partial charge in [0.15, 0.2) is 0 Å². The predicted molar refractivity (Wildman–Crippen MR) is 122 cm³/mol. The van der Waals surface area contributed by atoms with Crippen molar-refractivity contribution in [1.82, 2.24) is 25.4 Å². The average Bonchev–Trinajstić information content (AvgIpc) is 3.05. The van der Waals surface area contributed by atoms with Gasteiger partial charge in [0.25, 0.3) is 0 Å². The SMILES string of the molecule is CC(C)NC(=O)N1CCN(Cc2ccncc2)CC2(CNC(=O)C2)C1.O=C(O)C(F)(F)F.O=C(O)C(F)(F)F. The summed E-state index contributed by atoms with van der Waals surface area (Å²) in [6.45, 7) is 8.23. The number of urea groups is 1. The van der Waals surface area contributed by atoms with E-state index < -0.39 is 24.3 Å². The summed E-state index contributed by atoms with van der Waals surface area (Å²) >= 11 is 0. The normalized spacial score (nSPS) is 19.7. The molecule has 3 heterocycles. The summed E-state index contributed by atoms with van der Waals surface area (Å²) in [6.07, 6.45) is -6.09. The molecule has 0 saturated carbocycles. The van der Waals surface area contributed by atoms with E-state index in [1.807, 2.05) is 30.9 Å². The van der Waals surface area contributed by atoms with Gasteiger partial charge in [-0.25, -0.2) is 14.4 Å². The van der Waals surface area contributed by atoms with Crippen LogP contribution in [0.3, 0.4) is 0 Å². The lowest BCUT2D eigenvalue weighted by atomic mass is 9.86. The van der Waals surface area contributed by atoms with Gasteiger partial charge in [-0.05, 0) is 31.5 Å². The number of carbonyl (C=O) groups excluding carboxylic acids is 2. The maximum atomic E-state index is 12.5. The van der Waals surface area contributed by atoms with E-state index in [2.05, 4.69) is 20.5 Å². The van der Waals surface area contributed by atoms with Gasteiger partial charge in [0.2, 0.25) is 5.91 Å². The van der Waals surface area contributed by atoms with Crippen LogP contribution in [-0.4, -0.2) is 100.0 Å². The molecule has 2 aliphatic rings. The number of alkyl halides is 6. The van der Waals surface area contributed by atoms with Gasteiger partial charge in [-0.15, -0.1) is 0 Å². The fourth-order valence-electron chi connectivity index (χ4n) is 3.72. The minimum absolute atomic E-state index is 0.0421. The van der Waals surface area contributed by atoms with Gasteiger partial charge >= 0.3 is 30.3 Å². The summed E-state index contributed by atoms with van der Waals surface area (Å²) in [6, 6.07) is 4.08. The van der Waals surface area contributed by atoms with Gasteiger partial charge in [-0.3, -0.25) is 14.7 Å². The molecular formula is C22H29F6N5O6. The molecule has 0 radical (unpaired) electrons. The molecule has 3 amide bonds. The molecule has 1 atom stereocenters. The minimum atomic E-state index is -5.08. The first-order valence-corrected chi connectivity index (χ1v) is 11.4. The highest BCUT2D eigenvalue weighted by Gasteiger charge is 2.44.